The SMILES string of the molecule is CCC1COC(C)CN1C(=O)C1(C#N)CCCCC1. The fourth-order valence-electron chi connectivity index (χ4n) is 3.23. The van der Waals surface area contributed by atoms with Gasteiger partial charge in [-0.05, 0) is 26.2 Å². The van der Waals surface area contributed by atoms with Crippen LogP contribution in [0.25, 0.3) is 0 Å². The minimum atomic E-state index is -0.761. The molecule has 0 radical (unpaired) electrons. The molecule has 0 aromatic heterocycles. The summed E-state index contributed by atoms with van der Waals surface area (Å²) in [6.45, 7) is 5.29. The number of carbonyl (C=O) groups is 1. The summed E-state index contributed by atoms with van der Waals surface area (Å²) in [6, 6.07) is 2.48. The summed E-state index contributed by atoms with van der Waals surface area (Å²) in [5, 5.41) is 9.54. The number of hydrogen-bond acceptors (Lipinski definition) is 3. The van der Waals surface area contributed by atoms with Crippen molar-refractivity contribution in [3.05, 3.63) is 0 Å². The van der Waals surface area contributed by atoms with Crippen LogP contribution in [0, 0.1) is 16.7 Å². The molecule has 4 heteroatoms. The van der Waals surface area contributed by atoms with Crippen LogP contribution in [0.15, 0.2) is 0 Å². The van der Waals surface area contributed by atoms with Crippen LogP contribution in [0.1, 0.15) is 52.4 Å². The molecule has 19 heavy (non-hydrogen) atoms. The second kappa shape index (κ2) is 5.92. The van der Waals surface area contributed by atoms with E-state index in [9.17, 15) is 10.1 Å². The van der Waals surface area contributed by atoms with Gasteiger partial charge in [0, 0.05) is 6.54 Å². The highest BCUT2D eigenvalue weighted by Crippen LogP contribution is 2.38. The number of ether oxygens (including phenoxy) is 1. The molecular weight excluding hydrogens is 240 g/mol. The van der Waals surface area contributed by atoms with Gasteiger partial charge < -0.3 is 9.64 Å². The molecule has 1 amide bonds. The van der Waals surface area contributed by atoms with Crippen LogP contribution in [0.5, 0.6) is 0 Å². The number of rotatable bonds is 2. The summed E-state index contributed by atoms with van der Waals surface area (Å²) < 4.78 is 5.64. The Morgan fingerprint density at radius 1 is 1.42 bits per heavy atom. The molecule has 0 aromatic rings. The monoisotopic (exact) mass is 264 g/mol. The van der Waals surface area contributed by atoms with E-state index in [0.717, 1.165) is 38.5 Å². The van der Waals surface area contributed by atoms with Gasteiger partial charge in [0.1, 0.15) is 5.41 Å². The first-order valence-electron chi connectivity index (χ1n) is 7.47. The second-order valence-electron chi connectivity index (χ2n) is 5.92. The molecular formula is C15H24N2O2. The molecule has 106 valence electrons. The van der Waals surface area contributed by atoms with Crippen LogP contribution in [0.4, 0.5) is 0 Å². The van der Waals surface area contributed by atoms with E-state index in [4.69, 9.17) is 4.74 Å². The van der Waals surface area contributed by atoms with Crippen molar-refractivity contribution in [1.82, 2.24) is 4.90 Å². The van der Waals surface area contributed by atoms with Crippen molar-refractivity contribution >= 4 is 5.91 Å². The molecule has 0 spiro atoms. The van der Waals surface area contributed by atoms with Crippen molar-refractivity contribution in [3.63, 3.8) is 0 Å². The lowest BCUT2D eigenvalue weighted by Gasteiger charge is -2.43. The van der Waals surface area contributed by atoms with Crippen LogP contribution >= 0.6 is 0 Å². The molecule has 0 bridgehead atoms. The van der Waals surface area contributed by atoms with E-state index in [0.29, 0.717) is 13.2 Å². The van der Waals surface area contributed by atoms with Gasteiger partial charge in [0.05, 0.1) is 24.8 Å². The van der Waals surface area contributed by atoms with E-state index in [-0.39, 0.29) is 18.1 Å². The van der Waals surface area contributed by atoms with E-state index in [1.165, 1.54) is 0 Å². The minimum absolute atomic E-state index is 0.0525. The molecule has 1 saturated carbocycles. The summed E-state index contributed by atoms with van der Waals surface area (Å²) in [4.78, 5) is 14.8. The Morgan fingerprint density at radius 3 is 2.68 bits per heavy atom. The fourth-order valence-corrected chi connectivity index (χ4v) is 3.23. The second-order valence-corrected chi connectivity index (χ2v) is 5.92. The Morgan fingerprint density at radius 2 is 2.11 bits per heavy atom. The van der Waals surface area contributed by atoms with E-state index in [1.54, 1.807) is 0 Å². The third-order valence-electron chi connectivity index (χ3n) is 4.53. The molecule has 1 aliphatic carbocycles. The number of morpholine rings is 1. The molecule has 2 unspecified atom stereocenters. The zero-order valence-electron chi connectivity index (χ0n) is 12.0. The van der Waals surface area contributed by atoms with Crippen LogP contribution in [-0.2, 0) is 9.53 Å². The summed E-state index contributed by atoms with van der Waals surface area (Å²) in [5.74, 6) is 0.0525. The largest absolute Gasteiger partial charge is 0.375 e. The smallest absolute Gasteiger partial charge is 0.243 e. The summed E-state index contributed by atoms with van der Waals surface area (Å²) in [5.41, 5.74) is -0.761. The Labute approximate surface area is 115 Å². The van der Waals surface area contributed by atoms with Crippen LogP contribution in [0.3, 0.4) is 0 Å². The Bertz CT molecular complexity index is 369. The van der Waals surface area contributed by atoms with Crippen molar-refractivity contribution in [2.75, 3.05) is 13.2 Å². The van der Waals surface area contributed by atoms with E-state index in [1.807, 2.05) is 11.8 Å². The van der Waals surface area contributed by atoms with Crippen LogP contribution in [0.2, 0.25) is 0 Å². The molecule has 1 saturated heterocycles. The Balaban J connectivity index is 2.18. The quantitative estimate of drug-likeness (QED) is 0.770. The van der Waals surface area contributed by atoms with Gasteiger partial charge in [-0.25, -0.2) is 0 Å². The van der Waals surface area contributed by atoms with Gasteiger partial charge in [-0.3, -0.25) is 4.79 Å². The zero-order chi connectivity index (χ0) is 13.9. The first-order chi connectivity index (χ1) is 9.13. The van der Waals surface area contributed by atoms with Crippen molar-refractivity contribution in [2.24, 2.45) is 5.41 Å². The molecule has 4 nitrogen and oxygen atoms in total. The predicted octanol–water partition coefficient (Wildman–Crippen LogP) is 2.49. The predicted molar refractivity (Wildman–Crippen MR) is 72.3 cm³/mol. The van der Waals surface area contributed by atoms with Gasteiger partial charge in [0.25, 0.3) is 0 Å². The lowest BCUT2D eigenvalue weighted by Crippen LogP contribution is -2.56. The van der Waals surface area contributed by atoms with E-state index in [2.05, 4.69) is 13.0 Å². The van der Waals surface area contributed by atoms with Crippen LogP contribution in [-0.4, -0.2) is 36.1 Å². The van der Waals surface area contributed by atoms with Gasteiger partial charge in [0.2, 0.25) is 5.91 Å². The van der Waals surface area contributed by atoms with Crippen molar-refractivity contribution in [1.29, 1.82) is 5.26 Å². The molecule has 0 N–H and O–H groups in total. The van der Waals surface area contributed by atoms with E-state index >= 15 is 0 Å². The van der Waals surface area contributed by atoms with Crippen molar-refractivity contribution < 1.29 is 9.53 Å². The average Bonchev–Trinajstić information content (AvgIpc) is 2.47. The molecule has 1 heterocycles. The summed E-state index contributed by atoms with van der Waals surface area (Å²) in [6.07, 6.45) is 5.56. The maximum atomic E-state index is 12.9. The number of hydrogen-bond donors (Lipinski definition) is 0. The average molecular weight is 264 g/mol. The normalized spacial score (nSPS) is 30.7. The molecule has 2 aliphatic rings. The molecule has 1 aliphatic heterocycles. The van der Waals surface area contributed by atoms with Crippen LogP contribution < -0.4 is 0 Å². The van der Waals surface area contributed by atoms with Crippen molar-refractivity contribution in [2.45, 2.75) is 64.5 Å². The number of nitriles is 1. The standard InChI is InChI=1S/C15H24N2O2/c1-3-13-10-19-12(2)9-17(13)14(18)15(11-16)7-5-4-6-8-15/h12-13H,3-10H2,1-2H3. The van der Waals surface area contributed by atoms with Crippen molar-refractivity contribution in [3.8, 4) is 6.07 Å². The first-order valence-corrected chi connectivity index (χ1v) is 7.47. The van der Waals surface area contributed by atoms with Gasteiger partial charge >= 0.3 is 0 Å². The van der Waals surface area contributed by atoms with E-state index < -0.39 is 5.41 Å². The molecule has 2 atom stereocenters. The summed E-state index contributed by atoms with van der Waals surface area (Å²) >= 11 is 0. The minimum Gasteiger partial charge on any atom is -0.375 e. The molecule has 2 fully saturated rings. The Kier molecular flexibility index (Phi) is 4.46. The maximum Gasteiger partial charge on any atom is 0.243 e. The first kappa shape index (κ1) is 14.3. The van der Waals surface area contributed by atoms with Gasteiger partial charge in [-0.1, -0.05) is 26.2 Å². The van der Waals surface area contributed by atoms with Gasteiger partial charge in [-0.2, -0.15) is 5.26 Å². The molecule has 0 aromatic carbocycles. The zero-order valence-corrected chi connectivity index (χ0v) is 12.0. The number of nitrogens with zero attached hydrogens (tertiary/aromatic N) is 2. The fraction of sp³-hybridized carbons (Fsp3) is 0.867. The lowest BCUT2D eigenvalue weighted by atomic mass is 9.74. The Hall–Kier alpha value is -1.08. The maximum absolute atomic E-state index is 12.9. The highest BCUT2D eigenvalue weighted by atomic mass is 16.5. The van der Waals surface area contributed by atoms with Gasteiger partial charge in [0.15, 0.2) is 0 Å². The number of carbonyl (C=O) groups excluding carboxylic acids is 1. The third-order valence-corrected chi connectivity index (χ3v) is 4.53. The number of amides is 1. The van der Waals surface area contributed by atoms with Gasteiger partial charge in [-0.15, -0.1) is 0 Å². The lowest BCUT2D eigenvalue weighted by molar-refractivity contribution is -0.153. The highest BCUT2D eigenvalue weighted by Gasteiger charge is 2.45. The molecule has 2 rings (SSSR count). The topological polar surface area (TPSA) is 53.3 Å². The third kappa shape index (κ3) is 2.76. The highest BCUT2D eigenvalue weighted by molar-refractivity contribution is 5.86. The summed E-state index contributed by atoms with van der Waals surface area (Å²) in [7, 11) is 0.